The molecule has 0 radical (unpaired) electrons. The zero-order chi connectivity index (χ0) is 50.6. The number of ketones is 1. The van der Waals surface area contributed by atoms with E-state index in [-0.39, 0.29) is 36.0 Å². The van der Waals surface area contributed by atoms with E-state index in [9.17, 15) is 19.8 Å². The third kappa shape index (κ3) is 11.4. The van der Waals surface area contributed by atoms with Gasteiger partial charge in [-0.3, -0.25) is 9.59 Å². The van der Waals surface area contributed by atoms with Crippen molar-refractivity contribution in [2.24, 2.45) is 0 Å². The molecule has 1 heterocycles. The number of esters is 1. The van der Waals surface area contributed by atoms with E-state index in [0.717, 1.165) is 87.6 Å². The van der Waals surface area contributed by atoms with Crippen LogP contribution < -0.4 is 9.47 Å². The highest BCUT2D eigenvalue weighted by Crippen LogP contribution is 2.43. The number of aliphatic hydroxyl groups is 2. The van der Waals surface area contributed by atoms with Crippen molar-refractivity contribution in [1.82, 2.24) is 0 Å². The maximum atomic E-state index is 11.6. The molecule has 0 fully saturated rings. The van der Waals surface area contributed by atoms with E-state index in [1.807, 2.05) is 48.5 Å². The lowest BCUT2D eigenvalue weighted by atomic mass is 9.93. The first kappa shape index (κ1) is 51.1. The summed E-state index contributed by atoms with van der Waals surface area (Å²) in [5.74, 6) is 1.73. The highest BCUT2D eigenvalue weighted by atomic mass is 79.9. The van der Waals surface area contributed by atoms with Crippen LogP contribution in [0.1, 0.15) is 133 Å². The van der Waals surface area contributed by atoms with Gasteiger partial charge in [0.05, 0.1) is 32.3 Å². The summed E-state index contributed by atoms with van der Waals surface area (Å²) in [7, 11) is 1.42. The Morgan fingerprint density at radius 3 is 1.71 bits per heavy atom. The number of hydrogen-bond donors (Lipinski definition) is 2. The van der Waals surface area contributed by atoms with E-state index in [4.69, 9.17) is 14.2 Å². The molecule has 7 nitrogen and oxygen atoms in total. The second-order valence-electron chi connectivity index (χ2n) is 19.7. The van der Waals surface area contributed by atoms with Crippen molar-refractivity contribution < 1.29 is 34.0 Å². The fourth-order valence-electron chi connectivity index (χ4n) is 11.1. The highest BCUT2D eigenvalue weighted by Gasteiger charge is 2.30. The van der Waals surface area contributed by atoms with Gasteiger partial charge in [-0.1, -0.05) is 123 Å². The van der Waals surface area contributed by atoms with E-state index < -0.39 is 0 Å². The van der Waals surface area contributed by atoms with Gasteiger partial charge in [0.15, 0.2) is 5.78 Å². The van der Waals surface area contributed by atoms with Gasteiger partial charge in [0.25, 0.3) is 0 Å². The zero-order valence-corrected chi connectivity index (χ0v) is 44.9. The SMILES string of the molecule is COC(=O)C[C@@H]1COc2cc(O[C@@H]3CCc4cc(-c5c(C)cccc5C)ccc43)ccc21.Cc1cccc(C)c1-c1ccc2c(c1)CC[C@@H]2O.O=C1CCc2cc(Br)ccc21.O[C@H]1CCc2cc(Br)ccc21. The molecule has 0 saturated carbocycles. The summed E-state index contributed by atoms with van der Waals surface area (Å²) in [4.78, 5) is 22.8. The van der Waals surface area contributed by atoms with E-state index in [0.29, 0.717) is 19.4 Å². The van der Waals surface area contributed by atoms with Crippen LogP contribution in [0.3, 0.4) is 0 Å². The van der Waals surface area contributed by atoms with Gasteiger partial charge in [-0.15, -0.1) is 0 Å². The van der Waals surface area contributed by atoms with Crippen LogP contribution in [0.2, 0.25) is 0 Å². The molecule has 1 aliphatic heterocycles. The normalized spacial score (nSPS) is 18.4. The molecular formula is C63H62Br2O7. The summed E-state index contributed by atoms with van der Waals surface area (Å²) in [6.45, 7) is 9.16. The smallest absolute Gasteiger partial charge is 0.306 e. The lowest BCUT2D eigenvalue weighted by Gasteiger charge is -2.17. The van der Waals surface area contributed by atoms with Gasteiger partial charge in [0, 0.05) is 38.5 Å². The summed E-state index contributed by atoms with van der Waals surface area (Å²) < 4.78 is 19.2. The molecule has 7 aromatic rings. The van der Waals surface area contributed by atoms with Crippen LogP contribution in [0.4, 0.5) is 0 Å². The van der Waals surface area contributed by atoms with Crippen molar-refractivity contribution in [1.29, 1.82) is 0 Å². The minimum absolute atomic E-state index is 0.0435. The quantitative estimate of drug-likeness (QED) is 0.160. The Hall–Kier alpha value is -5.84. The van der Waals surface area contributed by atoms with Gasteiger partial charge in [0.1, 0.15) is 17.6 Å². The first-order valence-electron chi connectivity index (χ1n) is 25.1. The second kappa shape index (κ2) is 22.5. The predicted molar refractivity (Wildman–Crippen MR) is 293 cm³/mol. The van der Waals surface area contributed by atoms with Crippen molar-refractivity contribution in [2.75, 3.05) is 13.7 Å². The number of ether oxygens (including phenoxy) is 3. The van der Waals surface area contributed by atoms with Gasteiger partial charge in [-0.05, 0) is 186 Å². The topological polar surface area (TPSA) is 102 Å². The third-order valence-electron chi connectivity index (χ3n) is 14.8. The van der Waals surface area contributed by atoms with E-state index >= 15 is 0 Å². The molecule has 0 spiro atoms. The Labute approximate surface area is 440 Å². The van der Waals surface area contributed by atoms with Crippen LogP contribution >= 0.6 is 31.9 Å². The molecule has 4 atom stereocenters. The highest BCUT2D eigenvalue weighted by molar-refractivity contribution is 9.10. The number of fused-ring (bicyclic) bond motifs is 5. The summed E-state index contributed by atoms with van der Waals surface area (Å²) in [6, 6.07) is 44.0. The monoisotopic (exact) mass is 1090 g/mol. The molecule has 0 saturated heterocycles. The molecular weight excluding hydrogens is 1030 g/mol. The first-order valence-corrected chi connectivity index (χ1v) is 26.7. The number of carbonyl (C=O) groups is 2. The standard InChI is InChI=1S/C28H28O4.C17H18O.C9H9BrO.C9H7BrO/c1-17-5-4-6-18(2)28(17)20-7-10-23-19(13-20)8-12-25(23)32-22-9-11-24-21(14-27(29)30-3)16-31-26(24)15-22;1-11-4-3-5-12(2)17(11)14-6-8-15-13(10-14)7-9-16(15)18;2*10-7-2-3-8-6(5-7)1-4-9(8)11/h4-7,9-11,13,15,21,25H,8,12,14,16H2,1-3H3;3-6,8,10,16,18H,7,9H2,1-2H3;2-3,5,9,11H,1,4H2;2-3,5H,1,4H2/t21-,25-;16-;9-;/m100./s1. The Kier molecular flexibility index (Phi) is 16.0. The molecule has 5 aliphatic rings. The van der Waals surface area contributed by atoms with E-state index in [2.05, 4.69) is 138 Å². The lowest BCUT2D eigenvalue weighted by Crippen LogP contribution is -2.09. The minimum Gasteiger partial charge on any atom is -0.492 e. The Morgan fingerprint density at radius 2 is 1.10 bits per heavy atom. The average Bonchev–Trinajstić information content (AvgIpc) is 4.21. The molecule has 0 unspecified atom stereocenters. The van der Waals surface area contributed by atoms with Gasteiger partial charge in [-0.2, -0.15) is 0 Å². The average molecular weight is 1090 g/mol. The Balaban J connectivity index is 0.000000133. The molecule has 72 heavy (non-hydrogen) atoms. The molecule has 4 aliphatic carbocycles. The predicted octanol–water partition coefficient (Wildman–Crippen LogP) is 15.0. The third-order valence-corrected chi connectivity index (χ3v) is 15.8. The Bertz CT molecular complexity index is 3120. The van der Waals surface area contributed by atoms with Gasteiger partial charge < -0.3 is 24.4 Å². The molecule has 2 N–H and O–H groups in total. The zero-order valence-electron chi connectivity index (χ0n) is 41.7. The number of rotatable bonds is 6. The molecule has 0 bridgehead atoms. The van der Waals surface area contributed by atoms with Crippen LogP contribution in [-0.2, 0) is 35.2 Å². The van der Waals surface area contributed by atoms with Crippen molar-refractivity contribution in [2.45, 2.75) is 110 Å². The van der Waals surface area contributed by atoms with Crippen LogP contribution in [-0.4, -0.2) is 35.7 Å². The van der Waals surface area contributed by atoms with Crippen molar-refractivity contribution in [3.8, 4) is 33.8 Å². The molecule has 0 aromatic heterocycles. The number of benzene rings is 7. The molecule has 9 heteroatoms. The number of Topliss-reactive ketones (excluding diaryl/α,β-unsaturated/α-hetero) is 1. The maximum Gasteiger partial charge on any atom is 0.306 e. The maximum absolute atomic E-state index is 11.6. The summed E-state index contributed by atoms with van der Waals surface area (Å²) in [6.07, 6.45) is 7.23. The lowest BCUT2D eigenvalue weighted by molar-refractivity contribution is -0.141. The fraction of sp³-hybridized carbons (Fsp3) is 0.302. The van der Waals surface area contributed by atoms with Crippen LogP contribution in [0.25, 0.3) is 22.3 Å². The van der Waals surface area contributed by atoms with E-state index in [1.54, 1.807) is 0 Å². The van der Waals surface area contributed by atoms with Crippen molar-refractivity contribution >= 4 is 43.6 Å². The summed E-state index contributed by atoms with van der Waals surface area (Å²) in [5, 5.41) is 19.3. The number of aliphatic hydroxyl groups excluding tert-OH is 2. The molecule has 12 rings (SSSR count). The minimum atomic E-state index is -0.257. The summed E-state index contributed by atoms with van der Waals surface area (Å²) >= 11 is 6.78. The van der Waals surface area contributed by atoms with Crippen LogP contribution in [0.5, 0.6) is 11.5 Å². The van der Waals surface area contributed by atoms with Crippen LogP contribution in [0, 0.1) is 27.7 Å². The number of methoxy groups -OCH3 is 1. The van der Waals surface area contributed by atoms with Crippen molar-refractivity contribution in [3.63, 3.8) is 0 Å². The first-order chi connectivity index (χ1) is 34.7. The summed E-state index contributed by atoms with van der Waals surface area (Å²) in [5.41, 5.74) is 21.1. The number of hydrogen-bond acceptors (Lipinski definition) is 7. The van der Waals surface area contributed by atoms with Crippen molar-refractivity contribution in [3.05, 3.63) is 209 Å². The molecule has 0 amide bonds. The fourth-order valence-corrected chi connectivity index (χ4v) is 11.9. The Morgan fingerprint density at radius 1 is 0.583 bits per heavy atom. The van der Waals surface area contributed by atoms with Crippen LogP contribution in [0.15, 0.2) is 136 Å². The molecule has 7 aromatic carbocycles. The second-order valence-corrected chi connectivity index (χ2v) is 21.5. The van der Waals surface area contributed by atoms with Gasteiger partial charge in [0.2, 0.25) is 0 Å². The van der Waals surface area contributed by atoms with Gasteiger partial charge >= 0.3 is 5.97 Å². The number of aryl methyl sites for hydroxylation is 8. The number of halogens is 2. The van der Waals surface area contributed by atoms with E-state index in [1.165, 1.54) is 79.4 Å². The molecule has 370 valence electrons. The largest absolute Gasteiger partial charge is 0.492 e. The number of carbonyl (C=O) groups excluding carboxylic acids is 2. The van der Waals surface area contributed by atoms with Gasteiger partial charge in [-0.25, -0.2) is 0 Å².